The highest BCUT2D eigenvalue weighted by Crippen LogP contribution is 2.36. The van der Waals surface area contributed by atoms with E-state index in [0.29, 0.717) is 11.1 Å². The number of esters is 1. The molecular weight excluding hydrogens is 426 g/mol. The fraction of sp³-hybridized carbons (Fsp3) is 0.207. The minimum Gasteiger partial charge on any atom is -0.465 e. The van der Waals surface area contributed by atoms with Crippen LogP contribution in [0.5, 0.6) is 0 Å². The molecule has 0 aliphatic heterocycles. The van der Waals surface area contributed by atoms with Crippen LogP contribution in [0.25, 0.3) is 22.6 Å². The van der Waals surface area contributed by atoms with Gasteiger partial charge in [-0.3, -0.25) is 4.79 Å². The smallest absolute Gasteiger partial charge is 0.339 e. The summed E-state index contributed by atoms with van der Waals surface area (Å²) in [6.45, 7) is 1.76. The van der Waals surface area contributed by atoms with Crippen molar-refractivity contribution < 1.29 is 18.7 Å². The number of Topliss-reactive ketones (excluding diaryl/α,β-unsaturated/α-hetero) is 1. The van der Waals surface area contributed by atoms with Crippen LogP contribution in [0.15, 0.2) is 71.3 Å². The van der Waals surface area contributed by atoms with Crippen LogP contribution in [0.1, 0.15) is 63.1 Å². The quantitative estimate of drug-likeness (QED) is 0.254. The number of fused-ring (bicyclic) bond motifs is 2. The molecule has 0 atom stereocenters. The van der Waals surface area contributed by atoms with E-state index < -0.39 is 5.97 Å². The number of carbonyl (C=O) groups is 2. The molecule has 170 valence electrons. The molecule has 34 heavy (non-hydrogen) atoms. The third-order valence-corrected chi connectivity index (χ3v) is 6.25. The number of aryl methyl sites for hydroxylation is 1. The number of rotatable bonds is 6. The number of benzene rings is 2. The summed E-state index contributed by atoms with van der Waals surface area (Å²) < 4.78 is 11.1. The van der Waals surface area contributed by atoms with Crippen molar-refractivity contribution in [2.24, 2.45) is 0 Å². The molecule has 5 heteroatoms. The van der Waals surface area contributed by atoms with Gasteiger partial charge in [0.05, 0.1) is 23.0 Å². The molecule has 1 aliphatic carbocycles. The van der Waals surface area contributed by atoms with Gasteiger partial charge in [0.2, 0.25) is 0 Å². The summed E-state index contributed by atoms with van der Waals surface area (Å²) in [5.74, 6) is 0.0379. The summed E-state index contributed by atoms with van der Waals surface area (Å²) in [5, 5.41) is 0.741. The first-order valence-electron chi connectivity index (χ1n) is 11.6. The molecule has 0 N–H and O–H groups in total. The number of allylic oxidation sites excluding steroid dienone is 1. The van der Waals surface area contributed by atoms with Crippen molar-refractivity contribution in [2.75, 3.05) is 6.61 Å². The average molecular weight is 452 g/mol. The number of ketones is 1. The first-order valence-corrected chi connectivity index (χ1v) is 11.6. The molecule has 0 spiro atoms. The topological polar surface area (TPSA) is 69.4 Å². The van der Waals surface area contributed by atoms with Gasteiger partial charge in [-0.25, -0.2) is 9.78 Å². The van der Waals surface area contributed by atoms with Crippen molar-refractivity contribution in [3.05, 3.63) is 101 Å². The van der Waals surface area contributed by atoms with Crippen molar-refractivity contribution in [1.82, 2.24) is 4.98 Å². The van der Waals surface area contributed by atoms with Crippen molar-refractivity contribution in [1.29, 1.82) is 0 Å². The molecule has 0 amide bonds. The van der Waals surface area contributed by atoms with Crippen LogP contribution >= 0.6 is 0 Å². The third kappa shape index (κ3) is 4.29. The second-order valence-corrected chi connectivity index (χ2v) is 8.42. The second-order valence-electron chi connectivity index (χ2n) is 8.42. The number of nitrogens with zero attached hydrogens (tertiary/aromatic N) is 1. The number of pyridine rings is 1. The van der Waals surface area contributed by atoms with E-state index in [0.717, 1.165) is 64.7 Å². The van der Waals surface area contributed by atoms with Gasteiger partial charge in [0.15, 0.2) is 12.4 Å². The number of hydrogen-bond acceptors (Lipinski definition) is 5. The first-order chi connectivity index (χ1) is 16.6. The van der Waals surface area contributed by atoms with E-state index in [2.05, 4.69) is 6.92 Å². The van der Waals surface area contributed by atoms with Gasteiger partial charge in [-0.2, -0.15) is 0 Å². The highest BCUT2D eigenvalue weighted by Gasteiger charge is 2.26. The van der Waals surface area contributed by atoms with E-state index in [-0.39, 0.29) is 12.4 Å². The third-order valence-electron chi connectivity index (χ3n) is 6.25. The van der Waals surface area contributed by atoms with Crippen LogP contribution in [0.4, 0.5) is 0 Å². The van der Waals surface area contributed by atoms with Crippen LogP contribution < -0.4 is 0 Å². The fourth-order valence-electron chi connectivity index (χ4n) is 4.47. The molecular formula is C29H25NO4. The van der Waals surface area contributed by atoms with Gasteiger partial charge in [-0.15, -0.1) is 0 Å². The highest BCUT2D eigenvalue weighted by atomic mass is 16.5. The summed E-state index contributed by atoms with van der Waals surface area (Å²) in [6.07, 6.45) is 6.99. The van der Waals surface area contributed by atoms with Crippen LogP contribution in [0, 0.1) is 0 Å². The molecule has 0 unspecified atom stereocenters. The lowest BCUT2D eigenvalue weighted by Crippen LogP contribution is -2.18. The van der Waals surface area contributed by atoms with Crippen molar-refractivity contribution in [2.45, 2.75) is 32.6 Å². The lowest BCUT2D eigenvalue weighted by Gasteiger charge is -2.22. The summed E-state index contributed by atoms with van der Waals surface area (Å²) in [5.41, 5.74) is 5.61. The van der Waals surface area contributed by atoms with Gasteiger partial charge in [0.1, 0.15) is 5.76 Å². The Morgan fingerprint density at radius 3 is 2.62 bits per heavy atom. The average Bonchev–Trinajstić information content (AvgIpc) is 3.39. The molecule has 0 radical (unpaired) electrons. The summed E-state index contributed by atoms with van der Waals surface area (Å²) in [7, 11) is 0. The summed E-state index contributed by atoms with van der Waals surface area (Å²) in [4.78, 5) is 30.9. The van der Waals surface area contributed by atoms with Crippen LogP contribution in [0.3, 0.4) is 0 Å². The van der Waals surface area contributed by atoms with Gasteiger partial charge in [-0.05, 0) is 66.7 Å². The largest absolute Gasteiger partial charge is 0.465 e. The van der Waals surface area contributed by atoms with Crippen molar-refractivity contribution >= 4 is 34.3 Å². The van der Waals surface area contributed by atoms with E-state index >= 15 is 0 Å². The number of ether oxygens (including phenoxy) is 1. The van der Waals surface area contributed by atoms with E-state index in [1.165, 1.54) is 0 Å². The molecule has 5 nitrogen and oxygen atoms in total. The van der Waals surface area contributed by atoms with E-state index in [1.54, 1.807) is 18.4 Å². The Balaban J connectivity index is 1.48. The molecule has 5 rings (SSSR count). The minimum absolute atomic E-state index is 0.221. The second kappa shape index (κ2) is 9.48. The molecule has 1 aliphatic rings. The van der Waals surface area contributed by atoms with Crippen molar-refractivity contribution in [3.63, 3.8) is 0 Å². The Morgan fingerprint density at radius 2 is 1.85 bits per heavy atom. The number of carbonyl (C=O) groups excluding carboxylic acids is 2. The Morgan fingerprint density at radius 1 is 1.03 bits per heavy atom. The van der Waals surface area contributed by atoms with Gasteiger partial charge in [0, 0.05) is 10.9 Å². The monoisotopic (exact) mass is 451 g/mol. The maximum absolute atomic E-state index is 13.4. The number of para-hydroxylation sites is 1. The Bertz CT molecular complexity index is 1380. The number of hydrogen-bond donors (Lipinski definition) is 0. The molecule has 4 aromatic rings. The zero-order valence-electron chi connectivity index (χ0n) is 19.0. The normalized spacial score (nSPS) is 14.2. The van der Waals surface area contributed by atoms with Gasteiger partial charge < -0.3 is 9.15 Å². The zero-order chi connectivity index (χ0) is 23.5. The molecule has 2 heterocycles. The van der Waals surface area contributed by atoms with Gasteiger partial charge in [0.25, 0.3) is 0 Å². The molecule has 2 aromatic heterocycles. The van der Waals surface area contributed by atoms with E-state index in [4.69, 9.17) is 14.1 Å². The standard InChI is InChI=1S/C29H25NO4/c1-2-19-12-14-20(15-13-19)26(31)18-34-29(32)27-23-9-3-4-11-25(23)30-28-21(7-5-10-24(27)28)17-22-8-6-16-33-22/h3-4,6,8-9,11-17H,2,5,7,10,18H2,1H3. The minimum atomic E-state index is -0.493. The zero-order valence-corrected chi connectivity index (χ0v) is 19.0. The fourth-order valence-corrected chi connectivity index (χ4v) is 4.47. The molecule has 0 saturated heterocycles. The number of furan rings is 1. The molecule has 0 fully saturated rings. The SMILES string of the molecule is CCc1ccc(C(=O)COC(=O)c2c3c(nc4ccccc24)C(=Cc2ccco2)CCC3)cc1. The maximum Gasteiger partial charge on any atom is 0.339 e. The van der Waals surface area contributed by atoms with Gasteiger partial charge in [-0.1, -0.05) is 49.4 Å². The van der Waals surface area contributed by atoms with E-state index in [1.807, 2.05) is 54.6 Å². The predicted octanol–water partition coefficient (Wildman–Crippen LogP) is 6.31. The Hall–Kier alpha value is -3.99. The van der Waals surface area contributed by atoms with Crippen molar-refractivity contribution in [3.8, 4) is 0 Å². The van der Waals surface area contributed by atoms with Crippen LogP contribution in [-0.2, 0) is 17.6 Å². The van der Waals surface area contributed by atoms with Crippen LogP contribution in [0.2, 0.25) is 0 Å². The highest BCUT2D eigenvalue weighted by molar-refractivity contribution is 6.07. The maximum atomic E-state index is 13.4. The Kier molecular flexibility index (Phi) is 6.09. The number of aromatic nitrogens is 1. The molecule has 0 saturated carbocycles. The van der Waals surface area contributed by atoms with E-state index in [9.17, 15) is 9.59 Å². The van der Waals surface area contributed by atoms with Crippen LogP contribution in [-0.4, -0.2) is 23.3 Å². The lowest BCUT2D eigenvalue weighted by molar-refractivity contribution is 0.0475. The predicted molar refractivity (Wildman–Crippen MR) is 132 cm³/mol. The van der Waals surface area contributed by atoms with Gasteiger partial charge >= 0.3 is 5.97 Å². The Labute approximate surface area is 198 Å². The summed E-state index contributed by atoms with van der Waals surface area (Å²) in [6, 6.07) is 18.7. The molecule has 0 bridgehead atoms. The lowest BCUT2D eigenvalue weighted by atomic mass is 9.86. The molecule has 2 aromatic carbocycles. The summed E-state index contributed by atoms with van der Waals surface area (Å²) >= 11 is 0. The first kappa shape index (κ1) is 21.8.